The molecule has 1 heterocycles. The van der Waals surface area contributed by atoms with Crippen LogP contribution in [0.25, 0.3) is 0 Å². The van der Waals surface area contributed by atoms with Crippen molar-refractivity contribution in [1.82, 2.24) is 9.96 Å². The van der Waals surface area contributed by atoms with Crippen LogP contribution >= 0.6 is 8.35 Å². The number of H-pyrrole nitrogens is 1. The Kier molecular flexibility index (Phi) is 1.31. The van der Waals surface area contributed by atoms with Crippen molar-refractivity contribution >= 4 is 8.35 Å². The minimum Gasteiger partial charge on any atom is -0.260 e. The Morgan fingerprint density at radius 3 is 2.90 bits per heavy atom. The lowest BCUT2D eigenvalue weighted by Crippen LogP contribution is -2.28. The predicted molar refractivity (Wildman–Crippen MR) is 42.3 cm³/mol. The number of nitrogens with zero attached hydrogens (tertiary/aromatic N) is 1. The van der Waals surface area contributed by atoms with Gasteiger partial charge in [-0.1, -0.05) is 13.3 Å². The van der Waals surface area contributed by atoms with Crippen LogP contribution < -0.4 is 0 Å². The Morgan fingerprint density at radius 1 is 1.70 bits per heavy atom. The van der Waals surface area contributed by atoms with Gasteiger partial charge in [-0.3, -0.25) is 4.86 Å². The third-order valence-electron chi connectivity index (χ3n) is 2.49. The van der Waals surface area contributed by atoms with Gasteiger partial charge in [-0.05, 0) is 18.3 Å². The fraction of sp³-hybridized carbons (Fsp3) is 0.714. The molecular formula is C7H11N2P. The van der Waals surface area contributed by atoms with Crippen molar-refractivity contribution in [3.05, 3.63) is 11.5 Å². The van der Waals surface area contributed by atoms with Crippen molar-refractivity contribution in [2.45, 2.75) is 31.6 Å². The van der Waals surface area contributed by atoms with E-state index in [0.717, 1.165) is 0 Å². The Hall–Kier alpha value is -0.360. The molecule has 1 aliphatic rings. The molecule has 0 atom stereocenters. The summed E-state index contributed by atoms with van der Waals surface area (Å²) in [5, 5.41) is 5.46. The van der Waals surface area contributed by atoms with Crippen LogP contribution in [-0.4, -0.2) is 9.96 Å². The Morgan fingerprint density at radius 2 is 2.50 bits per heavy atom. The van der Waals surface area contributed by atoms with Gasteiger partial charge in [-0.15, -0.1) is 0 Å². The van der Waals surface area contributed by atoms with Gasteiger partial charge < -0.3 is 0 Å². The lowest BCUT2D eigenvalue weighted by Gasteiger charge is -2.36. The summed E-state index contributed by atoms with van der Waals surface area (Å²) in [5.74, 6) is 0. The van der Waals surface area contributed by atoms with Gasteiger partial charge in [0, 0.05) is 13.6 Å². The zero-order chi connectivity index (χ0) is 7.03. The normalized spacial score (nSPS) is 22.9. The first kappa shape index (κ1) is 6.36. The Bertz CT molecular complexity index is 214. The van der Waals surface area contributed by atoms with Crippen molar-refractivity contribution in [2.75, 3.05) is 0 Å². The van der Waals surface area contributed by atoms with E-state index in [-0.39, 0.29) is 0 Å². The molecule has 0 amide bonds. The summed E-state index contributed by atoms with van der Waals surface area (Å²) in [6.45, 7) is 2.33. The first-order valence-electron chi connectivity index (χ1n) is 3.67. The van der Waals surface area contributed by atoms with E-state index in [4.69, 9.17) is 0 Å². The highest BCUT2D eigenvalue weighted by molar-refractivity contribution is 7.26. The van der Waals surface area contributed by atoms with Gasteiger partial charge in [-0.25, -0.2) is 0 Å². The third-order valence-corrected chi connectivity index (χ3v) is 3.60. The van der Waals surface area contributed by atoms with E-state index in [1.807, 2.05) is 6.20 Å². The zero-order valence-electron chi connectivity index (χ0n) is 6.09. The van der Waals surface area contributed by atoms with E-state index in [9.17, 15) is 0 Å². The zero-order valence-corrected chi connectivity index (χ0v) is 6.99. The molecule has 3 heteroatoms. The molecule has 1 aliphatic carbocycles. The fourth-order valence-corrected chi connectivity index (χ4v) is 2.29. The van der Waals surface area contributed by atoms with Crippen LogP contribution in [0.2, 0.25) is 0 Å². The minimum atomic E-state index is 0.495. The molecular weight excluding hydrogens is 143 g/mol. The minimum absolute atomic E-state index is 0.495. The van der Waals surface area contributed by atoms with Crippen LogP contribution in [0.5, 0.6) is 0 Å². The molecule has 1 saturated carbocycles. The lowest BCUT2D eigenvalue weighted by atomic mass is 9.70. The van der Waals surface area contributed by atoms with E-state index in [1.54, 1.807) is 0 Å². The van der Waals surface area contributed by atoms with Crippen molar-refractivity contribution in [1.29, 1.82) is 0 Å². The molecule has 0 aliphatic heterocycles. The molecule has 1 N–H and O–H groups in total. The average molecular weight is 154 g/mol. The third kappa shape index (κ3) is 0.791. The summed E-state index contributed by atoms with van der Waals surface area (Å²) in [6.07, 6.45) is 6.08. The van der Waals surface area contributed by atoms with Gasteiger partial charge in [0.15, 0.2) is 0 Å². The van der Waals surface area contributed by atoms with Gasteiger partial charge in [0.05, 0.1) is 6.20 Å². The summed E-state index contributed by atoms with van der Waals surface area (Å²) in [5.41, 5.74) is 0.495. The van der Waals surface area contributed by atoms with E-state index >= 15 is 0 Å². The van der Waals surface area contributed by atoms with Crippen LogP contribution in [-0.2, 0) is 5.41 Å². The maximum Gasteiger partial charge on any atom is 0.0573 e. The standard InChI is InChI=1S/C7H11N2P/c1-7(3-2-4-7)6-5-8-9-10-6/h5H,2-4H2,1H3,(H,8,9). The average Bonchev–Trinajstić information content (AvgIpc) is 2.33. The number of aromatic amines is 1. The molecule has 10 heavy (non-hydrogen) atoms. The SMILES string of the molecule is CC1(c2cn[nH]p2)CCC1. The number of aromatic nitrogens is 2. The van der Waals surface area contributed by atoms with Crippen LogP contribution in [0, 0.1) is 0 Å². The van der Waals surface area contributed by atoms with Crippen molar-refractivity contribution in [3.63, 3.8) is 0 Å². The Labute approximate surface area is 62.2 Å². The molecule has 0 spiro atoms. The number of rotatable bonds is 1. The predicted octanol–water partition coefficient (Wildman–Crippen LogP) is 2.43. The topological polar surface area (TPSA) is 28.7 Å². The van der Waals surface area contributed by atoms with E-state index in [2.05, 4.69) is 16.9 Å². The second-order valence-electron chi connectivity index (χ2n) is 3.27. The molecule has 2 rings (SSSR count). The first-order chi connectivity index (χ1) is 4.81. The van der Waals surface area contributed by atoms with Gasteiger partial charge in [-0.2, -0.15) is 5.10 Å². The number of hydrogen-bond donors (Lipinski definition) is 1. The second-order valence-corrected chi connectivity index (χ2v) is 4.17. The highest BCUT2D eigenvalue weighted by Gasteiger charge is 2.34. The van der Waals surface area contributed by atoms with Gasteiger partial charge in [0.1, 0.15) is 0 Å². The van der Waals surface area contributed by atoms with Gasteiger partial charge in [0.25, 0.3) is 0 Å². The van der Waals surface area contributed by atoms with Crippen molar-refractivity contribution in [2.24, 2.45) is 0 Å². The molecule has 1 aromatic heterocycles. The molecule has 2 nitrogen and oxygen atoms in total. The molecule has 0 aromatic carbocycles. The maximum absolute atomic E-state index is 3.99. The molecule has 0 unspecified atom stereocenters. The smallest absolute Gasteiger partial charge is 0.0573 e. The first-order valence-corrected chi connectivity index (χ1v) is 4.57. The summed E-state index contributed by atoms with van der Waals surface area (Å²) < 4.78 is 0. The van der Waals surface area contributed by atoms with Gasteiger partial charge >= 0.3 is 0 Å². The summed E-state index contributed by atoms with van der Waals surface area (Å²) in [6, 6.07) is 0. The van der Waals surface area contributed by atoms with Crippen LogP contribution in [0.3, 0.4) is 0 Å². The quantitative estimate of drug-likeness (QED) is 0.661. The van der Waals surface area contributed by atoms with Crippen LogP contribution in [0.4, 0.5) is 0 Å². The number of hydrogen-bond acceptors (Lipinski definition) is 1. The van der Waals surface area contributed by atoms with E-state index in [1.165, 1.54) is 32.9 Å². The fourth-order valence-electron chi connectivity index (χ4n) is 1.46. The molecule has 0 bridgehead atoms. The summed E-state index contributed by atoms with van der Waals surface area (Å²) >= 11 is 0. The van der Waals surface area contributed by atoms with E-state index < -0.39 is 0 Å². The maximum atomic E-state index is 3.99. The largest absolute Gasteiger partial charge is 0.260 e. The number of nitrogens with one attached hydrogen (secondary N) is 1. The molecule has 54 valence electrons. The monoisotopic (exact) mass is 154 g/mol. The summed E-state index contributed by atoms with van der Waals surface area (Å²) in [4.78, 5) is 2.95. The van der Waals surface area contributed by atoms with Crippen LogP contribution in [0.15, 0.2) is 6.20 Å². The highest BCUT2D eigenvalue weighted by atomic mass is 31.0. The molecule has 0 radical (unpaired) electrons. The molecule has 0 saturated heterocycles. The van der Waals surface area contributed by atoms with E-state index in [0.29, 0.717) is 5.41 Å². The van der Waals surface area contributed by atoms with Crippen LogP contribution in [0.1, 0.15) is 31.5 Å². The Balaban J connectivity index is 2.27. The molecule has 1 fully saturated rings. The lowest BCUT2D eigenvalue weighted by molar-refractivity contribution is 0.277. The summed E-state index contributed by atoms with van der Waals surface area (Å²) in [7, 11) is 1.21. The van der Waals surface area contributed by atoms with Crippen molar-refractivity contribution in [3.8, 4) is 0 Å². The van der Waals surface area contributed by atoms with Gasteiger partial charge in [0.2, 0.25) is 0 Å². The second kappa shape index (κ2) is 2.06. The molecule has 1 aromatic rings. The highest BCUT2D eigenvalue weighted by Crippen LogP contribution is 2.45. The van der Waals surface area contributed by atoms with Crippen molar-refractivity contribution < 1.29 is 0 Å².